The number of ether oxygens (including phenoxy) is 1. The number of carbonyl (C=O) groups is 1. The third kappa shape index (κ3) is 2.61. The normalized spacial score (nSPS) is 16.8. The Morgan fingerprint density at radius 3 is 2.33 bits per heavy atom. The van der Waals surface area contributed by atoms with E-state index in [2.05, 4.69) is 0 Å². The Balaban J connectivity index is 3.75. The van der Waals surface area contributed by atoms with Gasteiger partial charge < -0.3 is 9.53 Å². The van der Waals surface area contributed by atoms with E-state index in [1.54, 1.807) is 7.11 Å². The molecule has 0 fully saturated rings. The number of methoxy groups -OCH3 is 1. The molecule has 0 aromatic carbocycles. The van der Waals surface area contributed by atoms with E-state index in [1.165, 1.54) is 0 Å². The van der Waals surface area contributed by atoms with Gasteiger partial charge in [-0.25, -0.2) is 0 Å². The molecular formula is C7H14O2. The monoisotopic (exact) mass is 130 g/mol. The van der Waals surface area contributed by atoms with Gasteiger partial charge in [0.05, 0.1) is 5.60 Å². The Hall–Kier alpha value is -0.370. The van der Waals surface area contributed by atoms with Crippen LogP contribution in [0.15, 0.2) is 0 Å². The summed E-state index contributed by atoms with van der Waals surface area (Å²) < 4.78 is 5.10. The van der Waals surface area contributed by atoms with Crippen LogP contribution in [0.1, 0.15) is 26.7 Å². The highest BCUT2D eigenvalue weighted by molar-refractivity contribution is 5.51. The Bertz CT molecular complexity index is 84.9. The van der Waals surface area contributed by atoms with Crippen molar-refractivity contribution < 1.29 is 9.53 Å². The van der Waals surface area contributed by atoms with E-state index in [9.17, 15) is 4.79 Å². The van der Waals surface area contributed by atoms with Crippen LogP contribution in [0, 0.1) is 0 Å². The Morgan fingerprint density at radius 1 is 1.67 bits per heavy atom. The largest absolute Gasteiger partial charge is 0.378 e. The van der Waals surface area contributed by atoms with Crippen LogP contribution in [-0.4, -0.2) is 19.0 Å². The van der Waals surface area contributed by atoms with Gasteiger partial charge in [-0.1, -0.05) is 6.92 Å². The molecule has 2 heteroatoms. The number of rotatable bonds is 4. The SMILES string of the molecule is CCC(C)(CC=O)OC. The standard InChI is InChI=1S/C7H14O2/c1-4-7(2,9-3)5-6-8/h6H,4-5H2,1-3H3. The van der Waals surface area contributed by atoms with Crippen LogP contribution >= 0.6 is 0 Å². The molecule has 1 unspecified atom stereocenters. The topological polar surface area (TPSA) is 26.3 Å². The van der Waals surface area contributed by atoms with Gasteiger partial charge in [0.1, 0.15) is 6.29 Å². The fraction of sp³-hybridized carbons (Fsp3) is 0.857. The smallest absolute Gasteiger partial charge is 0.122 e. The van der Waals surface area contributed by atoms with Crippen LogP contribution in [0.25, 0.3) is 0 Å². The van der Waals surface area contributed by atoms with Gasteiger partial charge in [0.25, 0.3) is 0 Å². The zero-order valence-electron chi connectivity index (χ0n) is 6.31. The lowest BCUT2D eigenvalue weighted by atomic mass is 10.0. The van der Waals surface area contributed by atoms with Crippen molar-refractivity contribution in [3.63, 3.8) is 0 Å². The zero-order chi connectivity index (χ0) is 7.33. The molecule has 0 rings (SSSR count). The predicted octanol–water partition coefficient (Wildman–Crippen LogP) is 1.39. The minimum absolute atomic E-state index is 0.234. The lowest BCUT2D eigenvalue weighted by Crippen LogP contribution is -2.26. The van der Waals surface area contributed by atoms with Gasteiger partial charge in [0, 0.05) is 13.5 Å². The molecule has 1 atom stereocenters. The second kappa shape index (κ2) is 3.62. The molecule has 0 heterocycles. The lowest BCUT2D eigenvalue weighted by Gasteiger charge is -2.23. The van der Waals surface area contributed by atoms with E-state index in [0.29, 0.717) is 6.42 Å². The number of carbonyl (C=O) groups excluding carboxylic acids is 1. The molecule has 0 aromatic rings. The fourth-order valence-corrected chi connectivity index (χ4v) is 0.548. The van der Waals surface area contributed by atoms with Gasteiger partial charge in [0.15, 0.2) is 0 Å². The second-order valence-corrected chi connectivity index (χ2v) is 2.38. The van der Waals surface area contributed by atoms with Crippen LogP contribution in [0.2, 0.25) is 0 Å². The molecule has 0 bridgehead atoms. The minimum atomic E-state index is -0.234. The third-order valence-corrected chi connectivity index (χ3v) is 1.76. The van der Waals surface area contributed by atoms with Gasteiger partial charge in [-0.2, -0.15) is 0 Å². The van der Waals surface area contributed by atoms with Crippen molar-refractivity contribution >= 4 is 6.29 Å². The van der Waals surface area contributed by atoms with E-state index in [0.717, 1.165) is 12.7 Å². The molecule has 9 heavy (non-hydrogen) atoms. The highest BCUT2D eigenvalue weighted by Crippen LogP contribution is 2.16. The quantitative estimate of drug-likeness (QED) is 0.537. The maximum atomic E-state index is 10.1. The molecule has 0 aliphatic rings. The van der Waals surface area contributed by atoms with Crippen LogP contribution in [-0.2, 0) is 9.53 Å². The molecule has 54 valence electrons. The van der Waals surface area contributed by atoms with Crippen molar-refractivity contribution in [2.24, 2.45) is 0 Å². The third-order valence-electron chi connectivity index (χ3n) is 1.76. The van der Waals surface area contributed by atoms with Gasteiger partial charge in [0.2, 0.25) is 0 Å². The molecule has 0 saturated carbocycles. The summed E-state index contributed by atoms with van der Waals surface area (Å²) in [5.74, 6) is 0. The first-order chi connectivity index (χ1) is 4.18. The first kappa shape index (κ1) is 8.63. The Morgan fingerprint density at radius 2 is 2.22 bits per heavy atom. The van der Waals surface area contributed by atoms with Crippen molar-refractivity contribution in [3.05, 3.63) is 0 Å². The van der Waals surface area contributed by atoms with Crippen LogP contribution in [0.4, 0.5) is 0 Å². The van der Waals surface area contributed by atoms with Gasteiger partial charge >= 0.3 is 0 Å². The van der Waals surface area contributed by atoms with Gasteiger partial charge in [-0.15, -0.1) is 0 Å². The number of aldehydes is 1. The summed E-state index contributed by atoms with van der Waals surface area (Å²) in [7, 11) is 1.63. The van der Waals surface area contributed by atoms with Crippen LogP contribution < -0.4 is 0 Å². The van der Waals surface area contributed by atoms with E-state index in [-0.39, 0.29) is 5.60 Å². The van der Waals surface area contributed by atoms with Crippen LogP contribution in [0.5, 0.6) is 0 Å². The summed E-state index contributed by atoms with van der Waals surface area (Å²) in [6.45, 7) is 3.94. The average Bonchev–Trinajstić information content (AvgIpc) is 1.89. The van der Waals surface area contributed by atoms with Crippen molar-refractivity contribution in [2.45, 2.75) is 32.3 Å². The van der Waals surface area contributed by atoms with Crippen molar-refractivity contribution in [3.8, 4) is 0 Å². The molecule has 0 saturated heterocycles. The van der Waals surface area contributed by atoms with E-state index in [4.69, 9.17) is 4.74 Å². The molecule has 2 nitrogen and oxygen atoms in total. The summed E-state index contributed by atoms with van der Waals surface area (Å²) >= 11 is 0. The maximum Gasteiger partial charge on any atom is 0.122 e. The van der Waals surface area contributed by atoms with Gasteiger partial charge in [-0.05, 0) is 13.3 Å². The predicted molar refractivity (Wildman–Crippen MR) is 36.4 cm³/mol. The molecular weight excluding hydrogens is 116 g/mol. The summed E-state index contributed by atoms with van der Waals surface area (Å²) in [6, 6.07) is 0. The first-order valence-electron chi connectivity index (χ1n) is 3.17. The van der Waals surface area contributed by atoms with E-state index in [1.807, 2.05) is 13.8 Å². The minimum Gasteiger partial charge on any atom is -0.378 e. The zero-order valence-corrected chi connectivity index (χ0v) is 6.31. The number of hydrogen-bond donors (Lipinski definition) is 0. The summed E-state index contributed by atoms with van der Waals surface area (Å²) in [5, 5.41) is 0. The average molecular weight is 130 g/mol. The van der Waals surface area contributed by atoms with E-state index < -0.39 is 0 Å². The second-order valence-electron chi connectivity index (χ2n) is 2.38. The molecule has 0 aliphatic carbocycles. The Kier molecular flexibility index (Phi) is 3.47. The maximum absolute atomic E-state index is 10.1. The first-order valence-corrected chi connectivity index (χ1v) is 3.17. The molecule has 0 spiro atoms. The van der Waals surface area contributed by atoms with Crippen molar-refractivity contribution in [1.29, 1.82) is 0 Å². The molecule has 0 aliphatic heterocycles. The highest BCUT2D eigenvalue weighted by atomic mass is 16.5. The van der Waals surface area contributed by atoms with Gasteiger partial charge in [-0.3, -0.25) is 0 Å². The Labute approximate surface area is 56.2 Å². The van der Waals surface area contributed by atoms with Crippen molar-refractivity contribution in [1.82, 2.24) is 0 Å². The van der Waals surface area contributed by atoms with E-state index >= 15 is 0 Å². The number of hydrogen-bond acceptors (Lipinski definition) is 2. The fourth-order valence-electron chi connectivity index (χ4n) is 0.548. The lowest BCUT2D eigenvalue weighted by molar-refractivity contribution is -0.113. The summed E-state index contributed by atoms with van der Waals surface area (Å²) in [4.78, 5) is 10.1. The molecule has 0 radical (unpaired) electrons. The molecule has 0 amide bonds. The summed E-state index contributed by atoms with van der Waals surface area (Å²) in [5.41, 5.74) is -0.234. The summed E-state index contributed by atoms with van der Waals surface area (Å²) in [6.07, 6.45) is 2.26. The molecule has 0 N–H and O–H groups in total. The van der Waals surface area contributed by atoms with Crippen LogP contribution in [0.3, 0.4) is 0 Å². The van der Waals surface area contributed by atoms with Crippen molar-refractivity contribution in [2.75, 3.05) is 7.11 Å². The highest BCUT2D eigenvalue weighted by Gasteiger charge is 2.19. The molecule has 0 aromatic heterocycles.